The Balaban J connectivity index is 0.000000397. The zero-order chi connectivity index (χ0) is 37.5. The molecule has 3 aromatic rings. The van der Waals surface area contributed by atoms with Gasteiger partial charge in [0.1, 0.15) is 11.5 Å². The number of aryl methyl sites for hydroxylation is 1. The van der Waals surface area contributed by atoms with Crippen LogP contribution in [0.25, 0.3) is 0 Å². The molecule has 3 N–H and O–H groups in total. The highest BCUT2D eigenvalue weighted by molar-refractivity contribution is 7.86. The summed E-state index contributed by atoms with van der Waals surface area (Å²) in [6.45, 7) is 16.9. The molecule has 282 valence electrons. The molecule has 0 aliphatic carbocycles. The van der Waals surface area contributed by atoms with Crippen LogP contribution in [0.15, 0.2) is 77.7 Å². The van der Waals surface area contributed by atoms with Crippen LogP contribution in [0.2, 0.25) is 0 Å². The molecule has 0 spiro atoms. The van der Waals surface area contributed by atoms with Crippen molar-refractivity contribution in [2.45, 2.75) is 124 Å². The molecule has 0 saturated heterocycles. The Morgan fingerprint density at radius 2 is 1.18 bits per heavy atom. The van der Waals surface area contributed by atoms with Gasteiger partial charge >= 0.3 is 0 Å². The van der Waals surface area contributed by atoms with Gasteiger partial charge in [-0.3, -0.25) is 4.18 Å². The fraction of sp³-hybridized carbons (Fsp3) is 0.571. The maximum absolute atomic E-state index is 12.0. The van der Waals surface area contributed by atoms with Gasteiger partial charge in [-0.15, -0.1) is 0 Å². The standard InChI is InChI=1S/C17H28O3S.C17H28O2.C8H10O2/c1-5-17(4,6-2)13-7-8-14-20-21(18,19)16-11-9-15(3)10-12-16;1-4-17(3,5-2)11-7-13-19-16-9-6-8-15(14-16)10-12-18;9-5-4-7-2-1-3-8(10)6-7/h9-12H,5-8,13-14H2,1-4H3;6,8-9,14,18H,4-5,7,10-13H2,1-3H3;1-3,6,9-10H,4-5H2. The van der Waals surface area contributed by atoms with Gasteiger partial charge in [0.05, 0.1) is 18.1 Å². The van der Waals surface area contributed by atoms with Gasteiger partial charge in [0, 0.05) is 13.2 Å². The lowest BCUT2D eigenvalue weighted by molar-refractivity contribution is 0.227. The summed E-state index contributed by atoms with van der Waals surface area (Å²) in [6.07, 6.45) is 11.3. The predicted octanol–water partition coefficient (Wildman–Crippen LogP) is 9.83. The Morgan fingerprint density at radius 3 is 1.70 bits per heavy atom. The minimum absolute atomic E-state index is 0.128. The summed E-state index contributed by atoms with van der Waals surface area (Å²) in [4.78, 5) is 0.236. The second-order valence-electron chi connectivity index (χ2n) is 13.8. The molecule has 3 aromatic carbocycles. The van der Waals surface area contributed by atoms with Gasteiger partial charge < -0.3 is 20.1 Å². The van der Waals surface area contributed by atoms with Crippen molar-refractivity contribution in [2.75, 3.05) is 26.4 Å². The molecule has 7 nitrogen and oxygen atoms in total. The summed E-state index contributed by atoms with van der Waals surface area (Å²) in [7, 11) is -3.60. The number of aliphatic hydroxyl groups is 2. The van der Waals surface area contributed by atoms with Crippen molar-refractivity contribution < 1.29 is 32.7 Å². The molecular weight excluding hydrogens is 649 g/mol. The molecule has 0 aliphatic heterocycles. The van der Waals surface area contributed by atoms with Gasteiger partial charge in [-0.2, -0.15) is 8.42 Å². The minimum atomic E-state index is -3.60. The van der Waals surface area contributed by atoms with E-state index in [0.717, 1.165) is 67.6 Å². The monoisotopic (exact) mass is 714 g/mol. The molecule has 0 unspecified atom stereocenters. The summed E-state index contributed by atoms with van der Waals surface area (Å²) in [5, 5.41) is 26.4. The summed E-state index contributed by atoms with van der Waals surface area (Å²) >= 11 is 0. The zero-order valence-corrected chi connectivity index (χ0v) is 32.7. The van der Waals surface area contributed by atoms with Gasteiger partial charge in [-0.1, -0.05) is 116 Å². The van der Waals surface area contributed by atoms with Crippen LogP contribution < -0.4 is 4.74 Å². The molecule has 0 radical (unpaired) electrons. The van der Waals surface area contributed by atoms with Crippen molar-refractivity contribution >= 4 is 10.1 Å². The van der Waals surface area contributed by atoms with Gasteiger partial charge in [0.15, 0.2) is 0 Å². The van der Waals surface area contributed by atoms with Crippen molar-refractivity contribution in [1.29, 1.82) is 0 Å². The van der Waals surface area contributed by atoms with Crippen LogP contribution >= 0.6 is 0 Å². The van der Waals surface area contributed by atoms with E-state index in [-0.39, 0.29) is 30.5 Å². The number of hydrogen-bond donors (Lipinski definition) is 3. The topological polar surface area (TPSA) is 113 Å². The van der Waals surface area contributed by atoms with Gasteiger partial charge in [-0.05, 0) is 104 Å². The van der Waals surface area contributed by atoms with E-state index in [4.69, 9.17) is 24.2 Å². The Labute approximate surface area is 304 Å². The lowest BCUT2D eigenvalue weighted by Crippen LogP contribution is -2.15. The first kappa shape index (κ1) is 45.1. The van der Waals surface area contributed by atoms with Gasteiger partial charge in [0.25, 0.3) is 10.1 Å². The maximum Gasteiger partial charge on any atom is 0.296 e. The lowest BCUT2D eigenvalue weighted by atomic mass is 9.80. The highest BCUT2D eigenvalue weighted by Gasteiger charge is 2.20. The first-order valence-electron chi connectivity index (χ1n) is 18.5. The number of phenolic OH excluding ortho intramolecular Hbond substituents is 1. The number of aliphatic hydroxyl groups excluding tert-OH is 2. The van der Waals surface area contributed by atoms with E-state index >= 15 is 0 Å². The van der Waals surface area contributed by atoms with Crippen LogP contribution in [0.5, 0.6) is 11.5 Å². The van der Waals surface area contributed by atoms with E-state index in [1.807, 2.05) is 37.3 Å². The summed E-state index contributed by atoms with van der Waals surface area (Å²) in [6, 6.07) is 21.7. The minimum Gasteiger partial charge on any atom is -0.508 e. The van der Waals surface area contributed by atoms with Crippen LogP contribution in [0, 0.1) is 17.8 Å². The van der Waals surface area contributed by atoms with Crippen molar-refractivity contribution in [1.82, 2.24) is 0 Å². The lowest BCUT2D eigenvalue weighted by Gasteiger charge is -2.26. The van der Waals surface area contributed by atoms with E-state index in [0.29, 0.717) is 23.7 Å². The maximum atomic E-state index is 12.0. The molecule has 0 amide bonds. The zero-order valence-electron chi connectivity index (χ0n) is 31.9. The Bertz CT molecular complexity index is 1410. The molecule has 0 bridgehead atoms. The van der Waals surface area contributed by atoms with Crippen LogP contribution in [0.3, 0.4) is 0 Å². The van der Waals surface area contributed by atoms with Crippen LogP contribution in [0.1, 0.15) is 116 Å². The number of unbranched alkanes of at least 4 members (excludes halogenated alkanes) is 1. The molecule has 8 heteroatoms. The molecule has 50 heavy (non-hydrogen) atoms. The molecule has 3 rings (SSSR count). The summed E-state index contributed by atoms with van der Waals surface area (Å²) in [5.74, 6) is 1.17. The van der Waals surface area contributed by atoms with Crippen molar-refractivity contribution in [3.63, 3.8) is 0 Å². The largest absolute Gasteiger partial charge is 0.508 e. The SMILES string of the molecule is CCC(C)(CC)CCCCOS(=O)(=O)c1ccc(C)cc1.CCC(C)(CC)CCCOc1cccc(CCO)c1.OCCc1cccc(O)c1. The quantitative estimate of drug-likeness (QED) is 0.0789. The third-order valence-corrected chi connectivity index (χ3v) is 11.3. The number of ether oxygens (including phenoxy) is 1. The number of benzene rings is 3. The third kappa shape index (κ3) is 18.4. The molecule has 0 atom stereocenters. The average Bonchev–Trinajstić information content (AvgIpc) is 3.11. The first-order valence-corrected chi connectivity index (χ1v) is 19.9. The molecule has 0 aromatic heterocycles. The van der Waals surface area contributed by atoms with Gasteiger partial charge in [0.2, 0.25) is 0 Å². The average molecular weight is 715 g/mol. The number of phenols is 1. The fourth-order valence-electron chi connectivity index (χ4n) is 5.25. The molecule has 0 fully saturated rings. The van der Waals surface area contributed by atoms with E-state index in [2.05, 4.69) is 41.5 Å². The van der Waals surface area contributed by atoms with Crippen LogP contribution in [-0.4, -0.2) is 50.2 Å². The Morgan fingerprint density at radius 1 is 0.660 bits per heavy atom. The predicted molar refractivity (Wildman–Crippen MR) is 206 cm³/mol. The summed E-state index contributed by atoms with van der Waals surface area (Å²) < 4.78 is 34.9. The molecule has 0 saturated carbocycles. The van der Waals surface area contributed by atoms with Crippen molar-refractivity contribution in [3.05, 3.63) is 89.5 Å². The van der Waals surface area contributed by atoms with Gasteiger partial charge in [-0.25, -0.2) is 0 Å². The Kier molecular flexibility index (Phi) is 21.9. The third-order valence-electron chi connectivity index (χ3n) is 9.94. The second-order valence-corrected chi connectivity index (χ2v) is 15.4. The van der Waals surface area contributed by atoms with E-state index in [9.17, 15) is 8.42 Å². The molecular formula is C42H66O7S. The first-order chi connectivity index (χ1) is 23.8. The number of rotatable bonds is 20. The number of hydrogen-bond acceptors (Lipinski definition) is 7. The second kappa shape index (κ2) is 24.3. The van der Waals surface area contributed by atoms with Crippen LogP contribution in [-0.2, 0) is 27.1 Å². The highest BCUT2D eigenvalue weighted by Crippen LogP contribution is 2.32. The molecule has 0 aliphatic rings. The summed E-state index contributed by atoms with van der Waals surface area (Å²) in [5.41, 5.74) is 3.96. The van der Waals surface area contributed by atoms with E-state index < -0.39 is 10.1 Å². The van der Waals surface area contributed by atoms with Crippen molar-refractivity contribution in [3.8, 4) is 11.5 Å². The van der Waals surface area contributed by atoms with E-state index in [1.54, 1.807) is 42.5 Å². The fourth-order valence-corrected chi connectivity index (χ4v) is 6.20. The molecule has 0 heterocycles. The Hall–Kier alpha value is -2.91. The smallest absolute Gasteiger partial charge is 0.296 e. The highest BCUT2D eigenvalue weighted by atomic mass is 32.2. The van der Waals surface area contributed by atoms with E-state index in [1.165, 1.54) is 19.3 Å². The van der Waals surface area contributed by atoms with Crippen LogP contribution in [0.4, 0.5) is 0 Å². The van der Waals surface area contributed by atoms with Crippen molar-refractivity contribution in [2.24, 2.45) is 10.8 Å². The normalized spacial score (nSPS) is 11.6. The number of aromatic hydroxyl groups is 1.